The second kappa shape index (κ2) is 1.80. The van der Waals surface area contributed by atoms with Crippen LogP contribution in [0.4, 0.5) is 0 Å². The quantitative estimate of drug-likeness (QED) is 0.461. The van der Waals surface area contributed by atoms with Crippen molar-refractivity contribution in [3.05, 3.63) is 22.8 Å². The van der Waals surface area contributed by atoms with Crippen molar-refractivity contribution < 1.29 is 0 Å². The zero-order chi connectivity index (χ0) is 7.42. The first kappa shape index (κ1) is 6.05. The molecule has 0 spiro atoms. The molecule has 2 bridgehead atoms. The SMILES string of the molecule is CC=C1CC2CC1C1=C2CC1. The van der Waals surface area contributed by atoms with Gasteiger partial charge in [0.2, 0.25) is 0 Å². The van der Waals surface area contributed by atoms with Crippen LogP contribution in [0, 0.1) is 11.8 Å². The largest absolute Gasteiger partial charge is 0.0878 e. The minimum absolute atomic E-state index is 0.925. The lowest BCUT2D eigenvalue weighted by Gasteiger charge is -2.29. The van der Waals surface area contributed by atoms with Crippen LogP contribution in [0.25, 0.3) is 0 Å². The van der Waals surface area contributed by atoms with Crippen molar-refractivity contribution >= 4 is 0 Å². The molecule has 2 unspecified atom stereocenters. The maximum Gasteiger partial charge on any atom is 0.00157 e. The maximum absolute atomic E-state index is 2.35. The van der Waals surface area contributed by atoms with E-state index in [1.54, 1.807) is 5.57 Å². The van der Waals surface area contributed by atoms with Crippen molar-refractivity contribution in [1.82, 2.24) is 0 Å². The lowest BCUT2D eigenvalue weighted by atomic mass is 9.76. The molecule has 0 heteroatoms. The third kappa shape index (κ3) is 0.571. The van der Waals surface area contributed by atoms with Crippen LogP contribution < -0.4 is 0 Å². The summed E-state index contributed by atoms with van der Waals surface area (Å²) < 4.78 is 0. The second-order valence-electron chi connectivity index (χ2n) is 4.10. The van der Waals surface area contributed by atoms with E-state index < -0.39 is 0 Å². The molecule has 0 aromatic heterocycles. The third-order valence-corrected chi connectivity index (χ3v) is 3.81. The first-order chi connectivity index (χ1) is 5.40. The monoisotopic (exact) mass is 146 g/mol. The fourth-order valence-corrected chi connectivity index (χ4v) is 3.17. The smallest absolute Gasteiger partial charge is 0.00157 e. The molecular formula is C11H14. The number of hydrogen-bond donors (Lipinski definition) is 0. The van der Waals surface area contributed by atoms with Crippen molar-refractivity contribution in [2.24, 2.45) is 11.8 Å². The van der Waals surface area contributed by atoms with Crippen molar-refractivity contribution in [3.8, 4) is 0 Å². The highest BCUT2D eigenvalue weighted by molar-refractivity contribution is 5.44. The zero-order valence-corrected chi connectivity index (χ0v) is 7.06. The van der Waals surface area contributed by atoms with E-state index in [2.05, 4.69) is 13.0 Å². The van der Waals surface area contributed by atoms with Crippen molar-refractivity contribution in [2.75, 3.05) is 0 Å². The van der Waals surface area contributed by atoms with E-state index in [-0.39, 0.29) is 0 Å². The predicted molar refractivity (Wildman–Crippen MR) is 46.2 cm³/mol. The summed E-state index contributed by atoms with van der Waals surface area (Å²) in [5, 5.41) is 0. The zero-order valence-electron chi connectivity index (χ0n) is 7.06. The summed E-state index contributed by atoms with van der Waals surface area (Å²) in [6.45, 7) is 2.20. The molecule has 58 valence electrons. The van der Waals surface area contributed by atoms with E-state index in [9.17, 15) is 0 Å². The molecule has 0 nitrogen and oxygen atoms in total. The molecule has 0 radical (unpaired) electrons. The second-order valence-corrected chi connectivity index (χ2v) is 4.10. The summed E-state index contributed by atoms with van der Waals surface area (Å²) in [4.78, 5) is 0. The molecule has 11 heavy (non-hydrogen) atoms. The Morgan fingerprint density at radius 1 is 1.27 bits per heavy atom. The van der Waals surface area contributed by atoms with Crippen molar-refractivity contribution in [3.63, 3.8) is 0 Å². The van der Waals surface area contributed by atoms with Gasteiger partial charge in [-0.05, 0) is 38.5 Å². The standard InChI is InChI=1S/C11H14/c1-2-7-5-8-6-11(7)10-4-3-9(8)10/h2,8,11H,3-6H2,1H3. The molecule has 0 N–H and O–H groups in total. The third-order valence-electron chi connectivity index (χ3n) is 3.81. The topological polar surface area (TPSA) is 0 Å². The lowest BCUT2D eigenvalue weighted by molar-refractivity contribution is 0.616. The Morgan fingerprint density at radius 3 is 2.64 bits per heavy atom. The highest BCUT2D eigenvalue weighted by atomic mass is 14.5. The molecule has 2 atom stereocenters. The number of fused-ring (bicyclic) bond motifs is 4. The van der Waals surface area contributed by atoms with Gasteiger partial charge in [0.25, 0.3) is 0 Å². The van der Waals surface area contributed by atoms with Gasteiger partial charge in [-0.1, -0.05) is 22.8 Å². The molecular weight excluding hydrogens is 132 g/mol. The van der Waals surface area contributed by atoms with E-state index in [0.717, 1.165) is 11.8 Å². The Hall–Kier alpha value is -0.520. The maximum atomic E-state index is 2.35. The summed E-state index contributed by atoms with van der Waals surface area (Å²) in [6, 6.07) is 0. The van der Waals surface area contributed by atoms with E-state index in [0.29, 0.717) is 0 Å². The molecule has 3 aliphatic rings. The van der Waals surface area contributed by atoms with Gasteiger partial charge in [-0.25, -0.2) is 0 Å². The number of allylic oxidation sites excluding steroid dienone is 4. The van der Waals surface area contributed by atoms with Crippen molar-refractivity contribution in [2.45, 2.75) is 32.6 Å². The van der Waals surface area contributed by atoms with E-state index in [1.165, 1.54) is 25.7 Å². The van der Waals surface area contributed by atoms with Gasteiger partial charge in [-0.3, -0.25) is 0 Å². The molecule has 0 aromatic carbocycles. The van der Waals surface area contributed by atoms with Gasteiger partial charge in [0.05, 0.1) is 0 Å². The number of rotatable bonds is 0. The summed E-state index contributed by atoms with van der Waals surface area (Å²) in [6.07, 6.45) is 8.10. The summed E-state index contributed by atoms with van der Waals surface area (Å²) >= 11 is 0. The van der Waals surface area contributed by atoms with Crippen LogP contribution in [0.15, 0.2) is 22.8 Å². The van der Waals surface area contributed by atoms with E-state index in [1.807, 2.05) is 11.1 Å². The Kier molecular flexibility index (Phi) is 0.988. The normalized spacial score (nSPS) is 43.2. The molecule has 0 aromatic rings. The van der Waals surface area contributed by atoms with Crippen LogP contribution in [0.5, 0.6) is 0 Å². The minimum atomic E-state index is 0.925. The predicted octanol–water partition coefficient (Wildman–Crippen LogP) is 3.06. The highest BCUT2D eigenvalue weighted by Crippen LogP contribution is 2.58. The van der Waals surface area contributed by atoms with Crippen LogP contribution in [0.1, 0.15) is 32.6 Å². The average molecular weight is 146 g/mol. The molecule has 0 saturated heterocycles. The van der Waals surface area contributed by atoms with E-state index >= 15 is 0 Å². The summed E-state index contributed by atoms with van der Waals surface area (Å²) in [7, 11) is 0. The Balaban J connectivity index is 2.07. The molecule has 0 amide bonds. The Morgan fingerprint density at radius 2 is 2.09 bits per heavy atom. The van der Waals surface area contributed by atoms with E-state index in [4.69, 9.17) is 0 Å². The average Bonchev–Trinajstić information content (AvgIpc) is 2.38. The molecule has 3 aliphatic carbocycles. The van der Waals surface area contributed by atoms with Crippen LogP contribution >= 0.6 is 0 Å². The highest BCUT2D eigenvalue weighted by Gasteiger charge is 2.44. The summed E-state index contributed by atoms with van der Waals surface area (Å²) in [5.74, 6) is 1.92. The molecule has 0 heterocycles. The fraction of sp³-hybridized carbons (Fsp3) is 0.636. The van der Waals surface area contributed by atoms with Gasteiger partial charge in [-0.2, -0.15) is 0 Å². The first-order valence-corrected chi connectivity index (χ1v) is 4.77. The molecule has 0 aliphatic heterocycles. The van der Waals surface area contributed by atoms with Gasteiger partial charge in [0.15, 0.2) is 0 Å². The van der Waals surface area contributed by atoms with Crippen molar-refractivity contribution in [1.29, 1.82) is 0 Å². The Bertz CT molecular complexity index is 268. The first-order valence-electron chi connectivity index (χ1n) is 4.77. The fourth-order valence-electron chi connectivity index (χ4n) is 3.17. The van der Waals surface area contributed by atoms with Crippen LogP contribution in [0.2, 0.25) is 0 Å². The van der Waals surface area contributed by atoms with Gasteiger partial charge in [0, 0.05) is 5.92 Å². The molecule has 1 saturated carbocycles. The van der Waals surface area contributed by atoms with Gasteiger partial charge in [-0.15, -0.1) is 0 Å². The minimum Gasteiger partial charge on any atom is -0.0878 e. The van der Waals surface area contributed by atoms with Gasteiger partial charge in [0.1, 0.15) is 0 Å². The lowest BCUT2D eigenvalue weighted by Crippen LogP contribution is -2.13. The molecule has 1 fully saturated rings. The van der Waals surface area contributed by atoms with Crippen LogP contribution in [-0.4, -0.2) is 0 Å². The Labute approximate surface area is 68.0 Å². The van der Waals surface area contributed by atoms with Gasteiger partial charge < -0.3 is 0 Å². The van der Waals surface area contributed by atoms with Gasteiger partial charge >= 0.3 is 0 Å². The number of hydrogen-bond acceptors (Lipinski definition) is 0. The van der Waals surface area contributed by atoms with Crippen LogP contribution in [0.3, 0.4) is 0 Å². The molecule has 3 rings (SSSR count). The van der Waals surface area contributed by atoms with Crippen LogP contribution in [-0.2, 0) is 0 Å². The summed E-state index contributed by atoms with van der Waals surface area (Å²) in [5.41, 5.74) is 5.45.